The molecule has 0 aliphatic heterocycles. The second kappa shape index (κ2) is 3.04. The molecule has 0 atom stereocenters. The van der Waals surface area contributed by atoms with Gasteiger partial charge < -0.3 is 0 Å². The molecule has 1 nitrogen and oxygen atoms in total. The molecule has 2 aromatic rings. The normalized spacial score (nSPS) is 10.5. The minimum absolute atomic E-state index is 0.612. The first-order chi connectivity index (χ1) is 5.77. The van der Waals surface area contributed by atoms with E-state index >= 15 is 0 Å². The number of fused-ring (bicyclic) bond motifs is 1. The summed E-state index contributed by atoms with van der Waals surface area (Å²) in [6, 6.07) is 8.62. The van der Waals surface area contributed by atoms with Crippen LogP contribution in [0, 0.1) is 6.07 Å². The molecule has 1 radical (unpaired) electrons. The lowest BCUT2D eigenvalue weighted by Crippen LogP contribution is -1.78. The van der Waals surface area contributed by atoms with Crippen LogP contribution < -0.4 is 0 Å². The van der Waals surface area contributed by atoms with Crippen molar-refractivity contribution in [2.24, 2.45) is 0 Å². The predicted molar refractivity (Wildman–Crippen MR) is 53.3 cm³/mol. The van der Waals surface area contributed by atoms with Crippen molar-refractivity contribution in [3.63, 3.8) is 0 Å². The smallest absolute Gasteiger partial charge is 0.0718 e. The number of aromatic nitrogens is 1. The second-order valence-electron chi connectivity index (χ2n) is 2.38. The van der Waals surface area contributed by atoms with Crippen molar-refractivity contribution in [1.82, 2.24) is 4.98 Å². The monoisotopic (exact) mass is 240 g/mol. The first-order valence-corrected chi connectivity index (χ1v) is 4.56. The van der Waals surface area contributed by atoms with Gasteiger partial charge >= 0.3 is 0 Å². The average molecular weight is 241 g/mol. The summed E-state index contributed by atoms with van der Waals surface area (Å²) in [5, 5.41) is 1.54. The van der Waals surface area contributed by atoms with E-state index in [9.17, 15) is 0 Å². The Hall–Kier alpha value is -0.600. The molecular weight excluding hydrogens is 237 g/mol. The molecule has 0 unspecified atom stereocenters. The van der Waals surface area contributed by atoms with Gasteiger partial charge in [-0.2, -0.15) is 0 Å². The van der Waals surface area contributed by atoms with Gasteiger partial charge in [0.1, 0.15) is 0 Å². The fourth-order valence-corrected chi connectivity index (χ4v) is 1.59. The molecule has 12 heavy (non-hydrogen) atoms. The van der Waals surface area contributed by atoms with Crippen LogP contribution in [0.25, 0.3) is 10.9 Å². The minimum Gasteiger partial charge on any atom is -0.256 e. The maximum Gasteiger partial charge on any atom is 0.0718 e. The van der Waals surface area contributed by atoms with Gasteiger partial charge in [0.05, 0.1) is 10.5 Å². The number of nitrogens with zero attached hydrogens (tertiary/aromatic N) is 1. The Labute approximate surface area is 83.5 Å². The molecule has 0 saturated carbocycles. The van der Waals surface area contributed by atoms with Crippen LogP contribution in [0.2, 0.25) is 5.02 Å². The number of hydrogen-bond donors (Lipinski definition) is 0. The number of halogens is 2. The van der Waals surface area contributed by atoms with Gasteiger partial charge in [-0.3, -0.25) is 4.98 Å². The molecule has 0 bridgehead atoms. The van der Waals surface area contributed by atoms with Crippen molar-refractivity contribution in [2.45, 2.75) is 0 Å². The Morgan fingerprint density at radius 1 is 1.42 bits per heavy atom. The van der Waals surface area contributed by atoms with E-state index in [2.05, 4.69) is 27.0 Å². The molecule has 0 aliphatic rings. The van der Waals surface area contributed by atoms with E-state index in [0.717, 1.165) is 15.4 Å². The number of hydrogen-bond acceptors (Lipinski definition) is 1. The summed E-state index contributed by atoms with van der Waals surface area (Å²) in [7, 11) is 0. The minimum atomic E-state index is 0.612. The summed E-state index contributed by atoms with van der Waals surface area (Å²) >= 11 is 9.28. The summed E-state index contributed by atoms with van der Waals surface area (Å²) in [5.41, 5.74) is 0.891. The highest BCUT2D eigenvalue weighted by Gasteiger charge is 1.99. The van der Waals surface area contributed by atoms with Crippen LogP contribution in [0.15, 0.2) is 28.9 Å². The Kier molecular flexibility index (Phi) is 2.03. The highest BCUT2D eigenvalue weighted by atomic mass is 79.9. The van der Waals surface area contributed by atoms with Gasteiger partial charge in [-0.25, -0.2) is 0 Å². The topological polar surface area (TPSA) is 12.9 Å². The highest BCUT2D eigenvalue weighted by molar-refractivity contribution is 9.10. The van der Waals surface area contributed by atoms with Crippen LogP contribution in [0.5, 0.6) is 0 Å². The number of rotatable bonds is 0. The van der Waals surface area contributed by atoms with Crippen LogP contribution in [0.1, 0.15) is 0 Å². The van der Waals surface area contributed by atoms with Gasteiger partial charge in [-0.15, -0.1) is 0 Å². The molecule has 0 aliphatic carbocycles. The molecular formula is C9H4BrClN. The molecule has 59 valence electrons. The van der Waals surface area contributed by atoms with Gasteiger partial charge in [0, 0.05) is 22.1 Å². The third-order valence-electron chi connectivity index (χ3n) is 1.59. The first-order valence-electron chi connectivity index (χ1n) is 3.39. The van der Waals surface area contributed by atoms with E-state index in [0.29, 0.717) is 5.02 Å². The lowest BCUT2D eigenvalue weighted by Gasteiger charge is -1.98. The predicted octanol–water partition coefficient (Wildman–Crippen LogP) is 3.45. The van der Waals surface area contributed by atoms with Crippen molar-refractivity contribution >= 4 is 38.4 Å². The van der Waals surface area contributed by atoms with Crippen molar-refractivity contribution in [3.8, 4) is 0 Å². The summed E-state index contributed by atoms with van der Waals surface area (Å²) in [5.74, 6) is 0. The molecule has 0 spiro atoms. The van der Waals surface area contributed by atoms with Gasteiger partial charge in [-0.1, -0.05) is 27.5 Å². The molecule has 3 heteroatoms. The summed E-state index contributed by atoms with van der Waals surface area (Å²) in [4.78, 5) is 4.12. The standard InChI is InChI=1S/C9H4BrClN/c10-6-1-2-9-7(5-6)8(11)3-4-12-9/h1-2,4-5H. The maximum atomic E-state index is 5.91. The fraction of sp³-hybridized carbons (Fsp3) is 0. The van der Waals surface area contributed by atoms with Crippen LogP contribution in [-0.4, -0.2) is 4.98 Å². The zero-order valence-corrected chi connectivity index (χ0v) is 8.35. The fourth-order valence-electron chi connectivity index (χ4n) is 1.03. The third-order valence-corrected chi connectivity index (χ3v) is 2.40. The molecule has 0 fully saturated rings. The molecule has 0 N–H and O–H groups in total. The Balaban J connectivity index is 2.88. The van der Waals surface area contributed by atoms with Crippen molar-refractivity contribution in [3.05, 3.63) is 40.0 Å². The van der Waals surface area contributed by atoms with E-state index in [-0.39, 0.29) is 0 Å². The van der Waals surface area contributed by atoms with Gasteiger partial charge in [0.25, 0.3) is 0 Å². The Bertz CT molecular complexity index is 428. The van der Waals surface area contributed by atoms with E-state index in [1.807, 2.05) is 18.2 Å². The molecule has 2 rings (SSSR count). The maximum absolute atomic E-state index is 5.91. The molecule has 1 heterocycles. The van der Waals surface area contributed by atoms with E-state index in [1.165, 1.54) is 0 Å². The van der Waals surface area contributed by atoms with Crippen molar-refractivity contribution in [2.75, 3.05) is 0 Å². The van der Waals surface area contributed by atoms with Crippen LogP contribution in [-0.2, 0) is 0 Å². The van der Waals surface area contributed by atoms with Gasteiger partial charge in [0.15, 0.2) is 0 Å². The molecule has 1 aromatic heterocycles. The van der Waals surface area contributed by atoms with Crippen LogP contribution in [0.4, 0.5) is 0 Å². The third kappa shape index (κ3) is 1.32. The SMILES string of the molecule is Clc1[c]cnc2ccc(Br)cc12. The van der Waals surface area contributed by atoms with Crippen LogP contribution >= 0.6 is 27.5 Å². The van der Waals surface area contributed by atoms with Crippen LogP contribution in [0.3, 0.4) is 0 Å². The van der Waals surface area contributed by atoms with Gasteiger partial charge in [-0.05, 0) is 18.2 Å². The zero-order valence-electron chi connectivity index (χ0n) is 6.01. The van der Waals surface area contributed by atoms with E-state index < -0.39 is 0 Å². The van der Waals surface area contributed by atoms with Crippen molar-refractivity contribution in [1.29, 1.82) is 0 Å². The molecule has 0 saturated heterocycles. The second-order valence-corrected chi connectivity index (χ2v) is 3.67. The van der Waals surface area contributed by atoms with E-state index in [4.69, 9.17) is 11.6 Å². The lowest BCUT2D eigenvalue weighted by molar-refractivity contribution is 1.40. The van der Waals surface area contributed by atoms with Crippen molar-refractivity contribution < 1.29 is 0 Å². The highest BCUT2D eigenvalue weighted by Crippen LogP contribution is 2.23. The molecule has 1 aromatic carbocycles. The summed E-state index contributed by atoms with van der Waals surface area (Å²) in [6.45, 7) is 0. The first kappa shape index (κ1) is 8.02. The summed E-state index contributed by atoms with van der Waals surface area (Å²) in [6.07, 6.45) is 1.58. The Morgan fingerprint density at radius 2 is 2.25 bits per heavy atom. The number of pyridine rings is 1. The molecule has 0 amide bonds. The lowest BCUT2D eigenvalue weighted by atomic mass is 10.2. The quantitative estimate of drug-likeness (QED) is 0.688. The largest absolute Gasteiger partial charge is 0.256 e. The average Bonchev–Trinajstić information content (AvgIpc) is 2.07. The van der Waals surface area contributed by atoms with Gasteiger partial charge in [0.2, 0.25) is 0 Å². The number of benzene rings is 1. The Morgan fingerprint density at radius 3 is 3.08 bits per heavy atom. The zero-order chi connectivity index (χ0) is 8.55. The van der Waals surface area contributed by atoms with E-state index in [1.54, 1.807) is 6.20 Å². The summed E-state index contributed by atoms with van der Waals surface area (Å²) < 4.78 is 0.998.